The number of fused-ring (bicyclic) bond motifs is 1. The van der Waals surface area contributed by atoms with Crippen molar-refractivity contribution in [2.24, 2.45) is 0 Å². The largest absolute Gasteiger partial charge is 0.497 e. The number of methoxy groups -OCH3 is 1. The number of aryl methyl sites for hydroxylation is 1. The Morgan fingerprint density at radius 1 is 1.00 bits per heavy atom. The summed E-state index contributed by atoms with van der Waals surface area (Å²) < 4.78 is 11.0. The average Bonchev–Trinajstić information content (AvgIpc) is 2.56. The van der Waals surface area contributed by atoms with Crippen LogP contribution in [0.5, 0.6) is 11.5 Å². The Bertz CT molecular complexity index is 580. The lowest BCUT2D eigenvalue weighted by atomic mass is 10.0. The number of ether oxygens (including phenoxy) is 2. The summed E-state index contributed by atoms with van der Waals surface area (Å²) in [6.45, 7) is 2.73. The van der Waals surface area contributed by atoms with E-state index in [1.165, 1.54) is 24.1 Å². The standard InChI is InChI=1S/C18H21NO2/c1-20-16-8-10-17(11-9-16)21-14-13-19-12-4-6-15-5-2-3-7-18(15)19/h2-3,5,7-11H,4,6,12-14H2,1H3. The van der Waals surface area contributed by atoms with Gasteiger partial charge in [0.1, 0.15) is 18.1 Å². The molecule has 2 aromatic rings. The fourth-order valence-corrected chi connectivity index (χ4v) is 2.79. The molecule has 3 heteroatoms. The zero-order chi connectivity index (χ0) is 14.5. The van der Waals surface area contributed by atoms with Crippen molar-refractivity contribution in [3.63, 3.8) is 0 Å². The van der Waals surface area contributed by atoms with Gasteiger partial charge in [0, 0.05) is 12.2 Å². The fourth-order valence-electron chi connectivity index (χ4n) is 2.79. The summed E-state index contributed by atoms with van der Waals surface area (Å²) in [6, 6.07) is 16.4. The number of nitrogens with zero attached hydrogens (tertiary/aromatic N) is 1. The van der Waals surface area contributed by atoms with Crippen LogP contribution >= 0.6 is 0 Å². The molecule has 0 saturated carbocycles. The van der Waals surface area contributed by atoms with Crippen molar-refractivity contribution >= 4 is 5.69 Å². The molecule has 0 aliphatic carbocycles. The smallest absolute Gasteiger partial charge is 0.119 e. The summed E-state index contributed by atoms with van der Waals surface area (Å²) in [6.07, 6.45) is 2.41. The van der Waals surface area contributed by atoms with Gasteiger partial charge in [0.25, 0.3) is 0 Å². The highest BCUT2D eigenvalue weighted by atomic mass is 16.5. The molecule has 0 N–H and O–H groups in total. The topological polar surface area (TPSA) is 21.7 Å². The maximum absolute atomic E-state index is 5.83. The minimum absolute atomic E-state index is 0.695. The number of para-hydroxylation sites is 1. The summed E-state index contributed by atoms with van der Waals surface area (Å²) in [4.78, 5) is 2.42. The van der Waals surface area contributed by atoms with Gasteiger partial charge in [0.15, 0.2) is 0 Å². The van der Waals surface area contributed by atoms with Crippen LogP contribution in [-0.4, -0.2) is 26.8 Å². The van der Waals surface area contributed by atoms with E-state index in [0.717, 1.165) is 24.6 Å². The minimum Gasteiger partial charge on any atom is -0.497 e. The second-order valence-electron chi connectivity index (χ2n) is 5.24. The second-order valence-corrected chi connectivity index (χ2v) is 5.24. The molecule has 0 spiro atoms. The van der Waals surface area contributed by atoms with Gasteiger partial charge >= 0.3 is 0 Å². The molecule has 0 atom stereocenters. The predicted octanol–water partition coefficient (Wildman–Crippen LogP) is 3.53. The van der Waals surface area contributed by atoms with E-state index in [2.05, 4.69) is 29.2 Å². The van der Waals surface area contributed by atoms with Gasteiger partial charge in [0.05, 0.1) is 13.7 Å². The summed E-state index contributed by atoms with van der Waals surface area (Å²) in [5.41, 5.74) is 2.82. The molecule has 21 heavy (non-hydrogen) atoms. The van der Waals surface area contributed by atoms with Crippen LogP contribution in [0, 0.1) is 0 Å². The van der Waals surface area contributed by atoms with Crippen LogP contribution in [0.1, 0.15) is 12.0 Å². The summed E-state index contributed by atoms with van der Waals surface area (Å²) in [5, 5.41) is 0. The Labute approximate surface area is 126 Å². The SMILES string of the molecule is COc1ccc(OCCN2CCCc3ccccc32)cc1. The molecule has 1 aliphatic heterocycles. The van der Waals surface area contributed by atoms with Crippen molar-refractivity contribution < 1.29 is 9.47 Å². The van der Waals surface area contributed by atoms with E-state index in [9.17, 15) is 0 Å². The molecular weight excluding hydrogens is 262 g/mol. The molecular formula is C18H21NO2. The number of anilines is 1. The van der Waals surface area contributed by atoms with Crippen molar-refractivity contribution in [2.75, 3.05) is 31.7 Å². The highest BCUT2D eigenvalue weighted by Crippen LogP contribution is 2.26. The van der Waals surface area contributed by atoms with Gasteiger partial charge in [-0.05, 0) is 48.7 Å². The first-order valence-electron chi connectivity index (χ1n) is 7.46. The molecule has 0 fully saturated rings. The molecule has 0 bridgehead atoms. The van der Waals surface area contributed by atoms with Crippen LogP contribution in [0.25, 0.3) is 0 Å². The van der Waals surface area contributed by atoms with Crippen LogP contribution in [0.3, 0.4) is 0 Å². The molecule has 0 amide bonds. The highest BCUT2D eigenvalue weighted by molar-refractivity contribution is 5.55. The van der Waals surface area contributed by atoms with Gasteiger partial charge in [-0.1, -0.05) is 18.2 Å². The van der Waals surface area contributed by atoms with Crippen LogP contribution < -0.4 is 14.4 Å². The van der Waals surface area contributed by atoms with Crippen LogP contribution in [0.15, 0.2) is 48.5 Å². The van der Waals surface area contributed by atoms with E-state index in [1.807, 2.05) is 24.3 Å². The Kier molecular flexibility index (Phi) is 4.29. The van der Waals surface area contributed by atoms with Crippen LogP contribution in [0.2, 0.25) is 0 Å². The molecule has 0 unspecified atom stereocenters. The van der Waals surface area contributed by atoms with E-state index in [1.54, 1.807) is 7.11 Å². The van der Waals surface area contributed by atoms with Crippen LogP contribution in [0.4, 0.5) is 5.69 Å². The normalized spacial score (nSPS) is 13.7. The quantitative estimate of drug-likeness (QED) is 0.838. The van der Waals surface area contributed by atoms with E-state index < -0.39 is 0 Å². The van der Waals surface area contributed by atoms with Gasteiger partial charge in [-0.3, -0.25) is 0 Å². The zero-order valence-corrected chi connectivity index (χ0v) is 12.4. The molecule has 3 rings (SSSR count). The number of hydrogen-bond donors (Lipinski definition) is 0. The van der Waals surface area contributed by atoms with Gasteiger partial charge in [0.2, 0.25) is 0 Å². The molecule has 1 heterocycles. The first-order valence-corrected chi connectivity index (χ1v) is 7.46. The van der Waals surface area contributed by atoms with E-state index in [0.29, 0.717) is 6.61 Å². The van der Waals surface area contributed by atoms with Crippen molar-refractivity contribution in [1.82, 2.24) is 0 Å². The van der Waals surface area contributed by atoms with Gasteiger partial charge in [-0.15, -0.1) is 0 Å². The molecule has 3 nitrogen and oxygen atoms in total. The first-order chi connectivity index (χ1) is 10.4. The van der Waals surface area contributed by atoms with Crippen molar-refractivity contribution in [1.29, 1.82) is 0 Å². The molecule has 1 aliphatic rings. The number of hydrogen-bond acceptors (Lipinski definition) is 3. The lowest BCUT2D eigenvalue weighted by molar-refractivity contribution is 0.321. The van der Waals surface area contributed by atoms with Gasteiger partial charge < -0.3 is 14.4 Å². The molecule has 0 saturated heterocycles. The maximum Gasteiger partial charge on any atom is 0.119 e. The third kappa shape index (κ3) is 3.30. The molecule has 2 aromatic carbocycles. The Balaban J connectivity index is 1.56. The summed E-state index contributed by atoms with van der Waals surface area (Å²) >= 11 is 0. The van der Waals surface area contributed by atoms with Crippen molar-refractivity contribution in [3.05, 3.63) is 54.1 Å². The van der Waals surface area contributed by atoms with E-state index in [4.69, 9.17) is 9.47 Å². The Morgan fingerprint density at radius 3 is 2.57 bits per heavy atom. The van der Waals surface area contributed by atoms with E-state index in [-0.39, 0.29) is 0 Å². The van der Waals surface area contributed by atoms with Crippen molar-refractivity contribution in [2.45, 2.75) is 12.8 Å². The lowest BCUT2D eigenvalue weighted by Gasteiger charge is -2.31. The number of benzene rings is 2. The zero-order valence-electron chi connectivity index (χ0n) is 12.4. The Morgan fingerprint density at radius 2 is 1.76 bits per heavy atom. The lowest BCUT2D eigenvalue weighted by Crippen LogP contribution is -2.33. The minimum atomic E-state index is 0.695. The highest BCUT2D eigenvalue weighted by Gasteiger charge is 2.15. The second kappa shape index (κ2) is 6.53. The van der Waals surface area contributed by atoms with Gasteiger partial charge in [-0.2, -0.15) is 0 Å². The van der Waals surface area contributed by atoms with Crippen LogP contribution in [-0.2, 0) is 6.42 Å². The fraction of sp³-hybridized carbons (Fsp3) is 0.333. The predicted molar refractivity (Wildman–Crippen MR) is 85.5 cm³/mol. The molecule has 0 radical (unpaired) electrons. The van der Waals surface area contributed by atoms with E-state index >= 15 is 0 Å². The third-order valence-electron chi connectivity index (χ3n) is 3.90. The summed E-state index contributed by atoms with van der Waals surface area (Å²) in [5.74, 6) is 1.74. The van der Waals surface area contributed by atoms with Gasteiger partial charge in [-0.25, -0.2) is 0 Å². The Hall–Kier alpha value is -2.16. The maximum atomic E-state index is 5.83. The third-order valence-corrected chi connectivity index (χ3v) is 3.90. The molecule has 110 valence electrons. The molecule has 0 aromatic heterocycles. The van der Waals surface area contributed by atoms with Crippen molar-refractivity contribution in [3.8, 4) is 11.5 Å². The summed E-state index contributed by atoms with van der Waals surface area (Å²) in [7, 11) is 1.67. The first kappa shape index (κ1) is 13.8. The monoisotopic (exact) mass is 283 g/mol. The number of rotatable bonds is 5. The average molecular weight is 283 g/mol.